The maximum absolute atomic E-state index is 10.5. The fourth-order valence-electron chi connectivity index (χ4n) is 1.37. The van der Waals surface area contributed by atoms with Gasteiger partial charge in [0.25, 0.3) is 0 Å². The van der Waals surface area contributed by atoms with Crippen molar-refractivity contribution in [3.63, 3.8) is 0 Å². The van der Waals surface area contributed by atoms with E-state index in [0.717, 1.165) is 17.5 Å². The Morgan fingerprint density at radius 3 is 2.68 bits per heavy atom. The van der Waals surface area contributed by atoms with Crippen LogP contribution in [-0.4, -0.2) is 42.7 Å². The number of aromatic nitrogens is 2. The molecule has 1 aromatic rings. The summed E-state index contributed by atoms with van der Waals surface area (Å²) >= 11 is 0. The average molecular weight is 267 g/mol. The predicted molar refractivity (Wildman–Crippen MR) is 74.2 cm³/mol. The van der Waals surface area contributed by atoms with Crippen molar-refractivity contribution in [2.45, 2.75) is 19.8 Å². The zero-order valence-corrected chi connectivity index (χ0v) is 11.6. The highest BCUT2D eigenvalue weighted by Gasteiger charge is 2.07. The largest absolute Gasteiger partial charge is 0.373 e. The normalized spacial score (nSPS) is 10.5. The first kappa shape index (κ1) is 15.2. The van der Waals surface area contributed by atoms with Crippen LogP contribution in [-0.2, 0) is 9.53 Å². The minimum atomic E-state index is -0.471. The van der Waals surface area contributed by atoms with E-state index in [9.17, 15) is 4.79 Å². The predicted octanol–water partition coefficient (Wildman–Crippen LogP) is 0.555. The highest BCUT2D eigenvalue weighted by atomic mass is 16.5. The van der Waals surface area contributed by atoms with Crippen LogP contribution in [0.1, 0.15) is 25.6 Å². The SMILES string of the molecule is CNc1cc(NCCOCC(N)=O)nc(C(C)C)n1. The molecule has 7 heteroatoms. The maximum atomic E-state index is 10.5. The highest BCUT2D eigenvalue weighted by molar-refractivity contribution is 5.74. The smallest absolute Gasteiger partial charge is 0.243 e. The molecule has 0 fully saturated rings. The Bertz CT molecular complexity index is 423. The molecule has 0 spiro atoms. The molecule has 0 saturated carbocycles. The van der Waals surface area contributed by atoms with Gasteiger partial charge < -0.3 is 21.1 Å². The van der Waals surface area contributed by atoms with E-state index in [2.05, 4.69) is 20.6 Å². The highest BCUT2D eigenvalue weighted by Crippen LogP contribution is 2.16. The third kappa shape index (κ3) is 5.52. The fraction of sp³-hybridized carbons (Fsp3) is 0.583. The number of hydrogen-bond acceptors (Lipinski definition) is 6. The van der Waals surface area contributed by atoms with Gasteiger partial charge in [-0.3, -0.25) is 4.79 Å². The third-order valence-corrected chi connectivity index (χ3v) is 2.31. The molecule has 1 rings (SSSR count). The summed E-state index contributed by atoms with van der Waals surface area (Å²) in [5, 5.41) is 6.12. The van der Waals surface area contributed by atoms with Crippen molar-refractivity contribution < 1.29 is 9.53 Å². The summed E-state index contributed by atoms with van der Waals surface area (Å²) in [5.74, 6) is 2.04. The van der Waals surface area contributed by atoms with E-state index in [0.29, 0.717) is 13.2 Å². The Morgan fingerprint density at radius 2 is 2.11 bits per heavy atom. The lowest BCUT2D eigenvalue weighted by Crippen LogP contribution is -2.21. The van der Waals surface area contributed by atoms with Crippen LogP contribution >= 0.6 is 0 Å². The molecule has 0 bridgehead atoms. The van der Waals surface area contributed by atoms with Gasteiger partial charge in [-0.1, -0.05) is 13.8 Å². The molecule has 7 nitrogen and oxygen atoms in total. The molecule has 0 saturated heterocycles. The molecule has 106 valence electrons. The van der Waals surface area contributed by atoms with Crippen molar-refractivity contribution in [2.24, 2.45) is 5.73 Å². The Morgan fingerprint density at radius 1 is 1.42 bits per heavy atom. The zero-order chi connectivity index (χ0) is 14.3. The average Bonchev–Trinajstić information content (AvgIpc) is 2.37. The second-order valence-corrected chi connectivity index (χ2v) is 4.35. The molecule has 0 unspecified atom stereocenters. The lowest BCUT2D eigenvalue weighted by molar-refractivity contribution is -0.122. The molecule has 4 N–H and O–H groups in total. The van der Waals surface area contributed by atoms with Gasteiger partial charge in [-0.2, -0.15) is 0 Å². The van der Waals surface area contributed by atoms with Crippen LogP contribution in [0.25, 0.3) is 0 Å². The number of nitrogens with one attached hydrogen (secondary N) is 2. The number of nitrogens with two attached hydrogens (primary N) is 1. The van der Waals surface area contributed by atoms with Gasteiger partial charge in [0.05, 0.1) is 6.61 Å². The van der Waals surface area contributed by atoms with Crippen LogP contribution in [0.4, 0.5) is 11.6 Å². The number of primary amides is 1. The number of carbonyl (C=O) groups is 1. The Labute approximate surface area is 113 Å². The van der Waals surface area contributed by atoms with Crippen LogP contribution in [0.5, 0.6) is 0 Å². The summed E-state index contributed by atoms with van der Waals surface area (Å²) in [7, 11) is 1.81. The maximum Gasteiger partial charge on any atom is 0.243 e. The van der Waals surface area contributed by atoms with E-state index >= 15 is 0 Å². The van der Waals surface area contributed by atoms with Crippen LogP contribution in [0, 0.1) is 0 Å². The molecule has 19 heavy (non-hydrogen) atoms. The minimum absolute atomic E-state index is 0.0650. The molecular weight excluding hydrogens is 246 g/mol. The Kier molecular flexibility index (Phi) is 6.01. The van der Waals surface area contributed by atoms with E-state index in [1.54, 1.807) is 0 Å². The lowest BCUT2D eigenvalue weighted by atomic mass is 10.2. The first-order valence-electron chi connectivity index (χ1n) is 6.19. The van der Waals surface area contributed by atoms with Crippen LogP contribution < -0.4 is 16.4 Å². The molecule has 0 aromatic carbocycles. The Balaban J connectivity index is 2.52. The topological polar surface area (TPSA) is 102 Å². The molecule has 1 aromatic heterocycles. The molecule has 0 radical (unpaired) electrons. The van der Waals surface area contributed by atoms with Crippen molar-refractivity contribution in [1.29, 1.82) is 0 Å². The molecule has 0 aliphatic carbocycles. The van der Waals surface area contributed by atoms with Crippen LogP contribution in [0.15, 0.2) is 6.07 Å². The number of hydrogen-bond donors (Lipinski definition) is 3. The van der Waals surface area contributed by atoms with Crippen molar-refractivity contribution in [1.82, 2.24) is 9.97 Å². The van der Waals surface area contributed by atoms with Gasteiger partial charge >= 0.3 is 0 Å². The van der Waals surface area contributed by atoms with Gasteiger partial charge in [-0.05, 0) is 0 Å². The zero-order valence-electron chi connectivity index (χ0n) is 11.6. The van der Waals surface area contributed by atoms with Gasteiger partial charge in [0.1, 0.15) is 24.1 Å². The van der Waals surface area contributed by atoms with Crippen molar-refractivity contribution in [3.8, 4) is 0 Å². The second-order valence-electron chi connectivity index (χ2n) is 4.35. The monoisotopic (exact) mass is 267 g/mol. The fourth-order valence-corrected chi connectivity index (χ4v) is 1.37. The Hall–Kier alpha value is -1.89. The standard InChI is InChI=1S/C12H21N5O2/c1-8(2)12-16-10(14-3)6-11(17-12)15-4-5-19-7-9(13)18/h6,8H,4-5,7H2,1-3H3,(H2,13,18)(H2,14,15,16,17). The molecule has 0 atom stereocenters. The molecule has 0 aliphatic rings. The van der Waals surface area contributed by atoms with Crippen molar-refractivity contribution >= 4 is 17.5 Å². The molecule has 1 heterocycles. The summed E-state index contributed by atoms with van der Waals surface area (Å²) in [6.45, 7) is 4.94. The number of nitrogens with zero attached hydrogens (tertiary/aromatic N) is 2. The number of rotatable bonds is 8. The summed E-state index contributed by atoms with van der Waals surface area (Å²) in [6.07, 6.45) is 0. The number of ether oxygens (including phenoxy) is 1. The van der Waals surface area contributed by atoms with Gasteiger partial charge in [0.15, 0.2) is 0 Å². The van der Waals surface area contributed by atoms with E-state index in [-0.39, 0.29) is 12.5 Å². The third-order valence-electron chi connectivity index (χ3n) is 2.31. The summed E-state index contributed by atoms with van der Waals surface area (Å²) in [5.41, 5.74) is 4.96. The first-order valence-corrected chi connectivity index (χ1v) is 6.19. The van der Waals surface area contributed by atoms with Gasteiger partial charge in [0, 0.05) is 25.6 Å². The van der Waals surface area contributed by atoms with Gasteiger partial charge in [-0.15, -0.1) is 0 Å². The number of anilines is 2. The quantitative estimate of drug-likeness (QED) is 0.595. The van der Waals surface area contributed by atoms with Gasteiger partial charge in [0.2, 0.25) is 5.91 Å². The minimum Gasteiger partial charge on any atom is -0.373 e. The van der Waals surface area contributed by atoms with E-state index in [1.807, 2.05) is 27.0 Å². The van der Waals surface area contributed by atoms with E-state index in [4.69, 9.17) is 10.5 Å². The van der Waals surface area contributed by atoms with E-state index in [1.165, 1.54) is 0 Å². The summed E-state index contributed by atoms with van der Waals surface area (Å²) in [6, 6.07) is 1.82. The van der Waals surface area contributed by atoms with E-state index < -0.39 is 5.91 Å². The van der Waals surface area contributed by atoms with Crippen LogP contribution in [0.2, 0.25) is 0 Å². The summed E-state index contributed by atoms with van der Waals surface area (Å²) < 4.78 is 5.05. The van der Waals surface area contributed by atoms with Crippen molar-refractivity contribution in [3.05, 3.63) is 11.9 Å². The number of amides is 1. The lowest BCUT2D eigenvalue weighted by Gasteiger charge is -2.11. The molecule has 0 aliphatic heterocycles. The van der Waals surface area contributed by atoms with Crippen LogP contribution in [0.3, 0.4) is 0 Å². The van der Waals surface area contributed by atoms with Crippen molar-refractivity contribution in [2.75, 3.05) is 37.4 Å². The molecule has 1 amide bonds. The second kappa shape index (κ2) is 7.52. The molecular formula is C12H21N5O2. The first-order chi connectivity index (χ1) is 9.02. The number of carbonyl (C=O) groups excluding carboxylic acids is 1. The van der Waals surface area contributed by atoms with Gasteiger partial charge in [-0.25, -0.2) is 9.97 Å². The summed E-state index contributed by atoms with van der Waals surface area (Å²) in [4.78, 5) is 19.3.